The average molecular weight is 338 g/mol. The van der Waals surface area contributed by atoms with E-state index >= 15 is 0 Å². The number of fused-ring (bicyclic) bond motifs is 4. The van der Waals surface area contributed by atoms with E-state index in [1.807, 2.05) is 6.07 Å². The number of halogens is 1. The maximum atomic E-state index is 13.5. The first-order valence-electron chi connectivity index (χ1n) is 9.39. The van der Waals surface area contributed by atoms with Crippen LogP contribution in [0, 0.1) is 5.82 Å². The average Bonchev–Trinajstić information content (AvgIpc) is 3.23. The summed E-state index contributed by atoms with van der Waals surface area (Å²) in [7, 11) is 0. The fourth-order valence-electron chi connectivity index (χ4n) is 4.73. The molecule has 0 saturated carbocycles. The van der Waals surface area contributed by atoms with Gasteiger partial charge in [0.1, 0.15) is 5.82 Å². The van der Waals surface area contributed by atoms with Crippen LogP contribution in [0.25, 0.3) is 0 Å². The molecule has 5 heteroatoms. The zero-order valence-corrected chi connectivity index (χ0v) is 14.4. The Morgan fingerprint density at radius 1 is 1.16 bits per heavy atom. The van der Waals surface area contributed by atoms with Gasteiger partial charge in [0.2, 0.25) is 5.95 Å². The van der Waals surface area contributed by atoms with E-state index in [0.717, 1.165) is 44.0 Å². The van der Waals surface area contributed by atoms with Gasteiger partial charge in [-0.25, -0.2) is 14.4 Å². The normalized spacial score (nSPS) is 25.4. The topological polar surface area (TPSA) is 32.3 Å². The number of nitrogens with zero attached hydrogens (tertiary/aromatic N) is 4. The van der Waals surface area contributed by atoms with Gasteiger partial charge < -0.3 is 4.90 Å². The molecule has 0 N–H and O–H groups in total. The van der Waals surface area contributed by atoms with Crippen molar-refractivity contribution in [1.29, 1.82) is 0 Å². The first-order valence-corrected chi connectivity index (χ1v) is 9.39. The number of aromatic nitrogens is 2. The number of anilines is 1. The van der Waals surface area contributed by atoms with Crippen LogP contribution in [-0.4, -0.2) is 34.0 Å². The molecule has 0 aliphatic carbocycles. The molecule has 4 nitrogen and oxygen atoms in total. The van der Waals surface area contributed by atoms with Gasteiger partial charge in [0, 0.05) is 49.9 Å². The molecule has 2 bridgehead atoms. The number of benzene rings is 1. The largest absolute Gasteiger partial charge is 0.341 e. The van der Waals surface area contributed by atoms with Gasteiger partial charge in [-0.3, -0.25) is 4.90 Å². The standard InChI is InChI=1S/C20H23FN4/c21-15-5-3-4-14(10-15)13-25-16-6-7-19(25)17-12-22-20(23-18(17)11-16)24-8-1-2-9-24/h3-5,10,12,16,19H,1-2,6-9,11,13H2. The van der Waals surface area contributed by atoms with Gasteiger partial charge in [-0.15, -0.1) is 0 Å². The second kappa shape index (κ2) is 6.06. The smallest absolute Gasteiger partial charge is 0.225 e. The molecule has 1 aromatic heterocycles. The second-order valence-electron chi connectivity index (χ2n) is 7.52. The molecule has 0 spiro atoms. The summed E-state index contributed by atoms with van der Waals surface area (Å²) < 4.78 is 13.5. The summed E-state index contributed by atoms with van der Waals surface area (Å²) in [6.07, 6.45) is 7.88. The fourth-order valence-corrected chi connectivity index (χ4v) is 4.73. The Bertz CT molecular complexity index is 787. The summed E-state index contributed by atoms with van der Waals surface area (Å²) in [5.74, 6) is 0.759. The molecule has 4 heterocycles. The number of hydrogen-bond donors (Lipinski definition) is 0. The van der Waals surface area contributed by atoms with Crippen LogP contribution in [0.1, 0.15) is 48.5 Å². The highest BCUT2D eigenvalue weighted by Crippen LogP contribution is 2.44. The molecule has 130 valence electrons. The summed E-state index contributed by atoms with van der Waals surface area (Å²) >= 11 is 0. The van der Waals surface area contributed by atoms with E-state index in [1.165, 1.54) is 36.6 Å². The van der Waals surface area contributed by atoms with Gasteiger partial charge in [0.05, 0.1) is 5.69 Å². The lowest BCUT2D eigenvalue weighted by Gasteiger charge is -2.36. The van der Waals surface area contributed by atoms with E-state index in [2.05, 4.69) is 21.0 Å². The first kappa shape index (κ1) is 15.3. The van der Waals surface area contributed by atoms with E-state index in [-0.39, 0.29) is 5.82 Å². The summed E-state index contributed by atoms with van der Waals surface area (Å²) in [5.41, 5.74) is 3.57. The highest BCUT2D eigenvalue weighted by atomic mass is 19.1. The lowest BCUT2D eigenvalue weighted by Crippen LogP contribution is -2.38. The van der Waals surface area contributed by atoms with Gasteiger partial charge in [-0.2, -0.15) is 0 Å². The predicted molar refractivity (Wildman–Crippen MR) is 94.9 cm³/mol. The van der Waals surface area contributed by atoms with Crippen LogP contribution in [0.4, 0.5) is 10.3 Å². The van der Waals surface area contributed by atoms with Crippen LogP contribution in [0.3, 0.4) is 0 Å². The van der Waals surface area contributed by atoms with Gasteiger partial charge in [-0.05, 0) is 43.4 Å². The molecule has 3 aliphatic rings. The third-order valence-electron chi connectivity index (χ3n) is 5.96. The Hall–Kier alpha value is -2.01. The van der Waals surface area contributed by atoms with Crippen molar-refractivity contribution in [2.24, 2.45) is 0 Å². The number of hydrogen-bond acceptors (Lipinski definition) is 4. The van der Waals surface area contributed by atoms with Crippen LogP contribution in [0.2, 0.25) is 0 Å². The van der Waals surface area contributed by atoms with Gasteiger partial charge >= 0.3 is 0 Å². The SMILES string of the molecule is Fc1cccc(CN2C3CCC2c2cnc(N4CCCC4)nc2C3)c1. The monoisotopic (exact) mass is 338 g/mol. The molecule has 2 atom stereocenters. The van der Waals surface area contributed by atoms with Crippen molar-refractivity contribution in [1.82, 2.24) is 14.9 Å². The third-order valence-corrected chi connectivity index (χ3v) is 5.96. The first-order chi connectivity index (χ1) is 12.3. The maximum Gasteiger partial charge on any atom is 0.225 e. The van der Waals surface area contributed by atoms with Crippen molar-refractivity contribution < 1.29 is 4.39 Å². The summed E-state index contributed by atoms with van der Waals surface area (Å²) in [4.78, 5) is 14.4. The third kappa shape index (κ3) is 2.71. The minimum Gasteiger partial charge on any atom is -0.341 e. The van der Waals surface area contributed by atoms with Crippen LogP contribution in [0.5, 0.6) is 0 Å². The molecule has 5 rings (SSSR count). The summed E-state index contributed by atoms with van der Waals surface area (Å²) in [5, 5.41) is 0. The lowest BCUT2D eigenvalue weighted by molar-refractivity contribution is 0.166. The van der Waals surface area contributed by atoms with Crippen LogP contribution < -0.4 is 4.90 Å². The minimum atomic E-state index is -0.152. The molecule has 1 aromatic carbocycles. The Kier molecular flexibility index (Phi) is 3.70. The Morgan fingerprint density at radius 3 is 2.88 bits per heavy atom. The van der Waals surface area contributed by atoms with Gasteiger partial charge in [0.25, 0.3) is 0 Å². The van der Waals surface area contributed by atoms with E-state index in [1.54, 1.807) is 12.1 Å². The molecular weight excluding hydrogens is 315 g/mol. The highest BCUT2D eigenvalue weighted by molar-refractivity contribution is 5.38. The molecule has 2 unspecified atom stereocenters. The van der Waals surface area contributed by atoms with Crippen molar-refractivity contribution in [3.05, 3.63) is 53.1 Å². The Balaban J connectivity index is 1.42. The molecule has 0 amide bonds. The van der Waals surface area contributed by atoms with Crippen molar-refractivity contribution in [2.45, 2.75) is 50.7 Å². The van der Waals surface area contributed by atoms with Crippen LogP contribution >= 0.6 is 0 Å². The van der Waals surface area contributed by atoms with Crippen molar-refractivity contribution in [3.8, 4) is 0 Å². The van der Waals surface area contributed by atoms with Crippen LogP contribution in [-0.2, 0) is 13.0 Å². The minimum absolute atomic E-state index is 0.152. The zero-order chi connectivity index (χ0) is 16.8. The van der Waals surface area contributed by atoms with Crippen molar-refractivity contribution in [3.63, 3.8) is 0 Å². The van der Waals surface area contributed by atoms with Crippen molar-refractivity contribution in [2.75, 3.05) is 18.0 Å². The predicted octanol–water partition coefficient (Wildman–Crippen LogP) is 3.48. The zero-order valence-electron chi connectivity index (χ0n) is 14.4. The fraction of sp³-hybridized carbons (Fsp3) is 0.500. The summed E-state index contributed by atoms with van der Waals surface area (Å²) in [6, 6.07) is 7.88. The molecule has 2 aromatic rings. The van der Waals surface area contributed by atoms with E-state index < -0.39 is 0 Å². The maximum absolute atomic E-state index is 13.5. The summed E-state index contributed by atoms with van der Waals surface area (Å²) in [6.45, 7) is 2.97. The molecule has 3 aliphatic heterocycles. The van der Waals surface area contributed by atoms with Gasteiger partial charge in [-0.1, -0.05) is 12.1 Å². The highest BCUT2D eigenvalue weighted by Gasteiger charge is 2.41. The quantitative estimate of drug-likeness (QED) is 0.858. The van der Waals surface area contributed by atoms with E-state index in [0.29, 0.717) is 12.1 Å². The molecule has 0 radical (unpaired) electrons. The molecule has 2 fully saturated rings. The van der Waals surface area contributed by atoms with E-state index in [9.17, 15) is 4.39 Å². The van der Waals surface area contributed by atoms with Crippen LogP contribution in [0.15, 0.2) is 30.5 Å². The number of rotatable bonds is 3. The van der Waals surface area contributed by atoms with Gasteiger partial charge in [0.15, 0.2) is 0 Å². The molecule has 2 saturated heterocycles. The molecular formula is C20H23FN4. The van der Waals surface area contributed by atoms with E-state index in [4.69, 9.17) is 4.98 Å². The second-order valence-corrected chi connectivity index (χ2v) is 7.52. The molecule has 25 heavy (non-hydrogen) atoms. The van der Waals surface area contributed by atoms with Crippen molar-refractivity contribution >= 4 is 5.95 Å². The Morgan fingerprint density at radius 2 is 2.04 bits per heavy atom. The Labute approximate surface area is 147 Å². The lowest BCUT2D eigenvalue weighted by atomic mass is 9.98.